The molecule has 0 spiro atoms. The number of nitrogens with one attached hydrogen (secondary N) is 1. The van der Waals surface area contributed by atoms with Crippen LogP contribution in [0.2, 0.25) is 0 Å². The van der Waals surface area contributed by atoms with E-state index in [1.165, 1.54) is 23.0 Å². The molecule has 6 nitrogen and oxygen atoms in total. The minimum absolute atomic E-state index is 0.151. The zero-order chi connectivity index (χ0) is 19.9. The molecule has 7 heteroatoms. The maximum Gasteiger partial charge on any atom is 0.254 e. The molecule has 0 radical (unpaired) electrons. The number of amides is 1. The minimum atomic E-state index is -0.456. The van der Waals surface area contributed by atoms with Gasteiger partial charge in [0.15, 0.2) is 0 Å². The monoisotopic (exact) mass is 381 g/mol. The molecule has 0 unspecified atom stereocenters. The van der Waals surface area contributed by atoms with Crippen LogP contribution >= 0.6 is 0 Å². The maximum atomic E-state index is 13.8. The zero-order valence-corrected chi connectivity index (χ0v) is 15.4. The second-order valence-electron chi connectivity index (χ2n) is 6.17. The number of benzene rings is 2. The van der Waals surface area contributed by atoms with Crippen molar-refractivity contribution in [1.82, 2.24) is 14.9 Å². The SMILES string of the molecule is COc1cccc(CCNC(=O)Cn2cnc(-c3ccccc3F)cc2=O)c1. The first-order valence-electron chi connectivity index (χ1n) is 8.78. The van der Waals surface area contributed by atoms with Gasteiger partial charge in [0.1, 0.15) is 18.1 Å². The van der Waals surface area contributed by atoms with E-state index in [-0.39, 0.29) is 23.7 Å². The van der Waals surface area contributed by atoms with Gasteiger partial charge in [0.25, 0.3) is 5.56 Å². The summed E-state index contributed by atoms with van der Waals surface area (Å²) in [6.07, 6.45) is 1.90. The van der Waals surface area contributed by atoms with Crippen LogP contribution < -0.4 is 15.6 Å². The summed E-state index contributed by atoms with van der Waals surface area (Å²) in [7, 11) is 1.60. The van der Waals surface area contributed by atoms with Gasteiger partial charge in [0, 0.05) is 18.2 Å². The highest BCUT2D eigenvalue weighted by Crippen LogP contribution is 2.18. The molecule has 0 fully saturated rings. The number of halogens is 1. The largest absolute Gasteiger partial charge is 0.497 e. The van der Waals surface area contributed by atoms with Gasteiger partial charge in [-0.2, -0.15) is 0 Å². The van der Waals surface area contributed by atoms with E-state index in [4.69, 9.17) is 4.74 Å². The van der Waals surface area contributed by atoms with Crippen molar-refractivity contribution in [3.05, 3.63) is 82.7 Å². The smallest absolute Gasteiger partial charge is 0.254 e. The highest BCUT2D eigenvalue weighted by molar-refractivity contribution is 5.75. The van der Waals surface area contributed by atoms with Crippen LogP contribution in [0.5, 0.6) is 5.75 Å². The predicted molar refractivity (Wildman–Crippen MR) is 104 cm³/mol. The van der Waals surface area contributed by atoms with Gasteiger partial charge in [-0.25, -0.2) is 9.37 Å². The summed E-state index contributed by atoms with van der Waals surface area (Å²) in [5, 5.41) is 2.77. The van der Waals surface area contributed by atoms with E-state index in [1.807, 2.05) is 24.3 Å². The molecular weight excluding hydrogens is 361 g/mol. The van der Waals surface area contributed by atoms with Gasteiger partial charge >= 0.3 is 0 Å². The first-order chi connectivity index (χ1) is 13.6. The summed E-state index contributed by atoms with van der Waals surface area (Å²) in [6, 6.07) is 14.9. The number of carbonyl (C=O) groups is 1. The molecule has 28 heavy (non-hydrogen) atoms. The Morgan fingerprint density at radius 3 is 2.75 bits per heavy atom. The van der Waals surface area contributed by atoms with Crippen molar-refractivity contribution in [1.29, 1.82) is 0 Å². The molecule has 1 heterocycles. The third kappa shape index (κ3) is 4.82. The summed E-state index contributed by atoms with van der Waals surface area (Å²) in [4.78, 5) is 28.4. The van der Waals surface area contributed by atoms with Crippen molar-refractivity contribution < 1.29 is 13.9 Å². The van der Waals surface area contributed by atoms with Crippen molar-refractivity contribution in [3.8, 4) is 17.0 Å². The lowest BCUT2D eigenvalue weighted by molar-refractivity contribution is -0.121. The minimum Gasteiger partial charge on any atom is -0.497 e. The quantitative estimate of drug-likeness (QED) is 0.682. The van der Waals surface area contributed by atoms with Crippen molar-refractivity contribution in [2.45, 2.75) is 13.0 Å². The number of aromatic nitrogens is 2. The number of methoxy groups -OCH3 is 1. The van der Waals surface area contributed by atoms with E-state index in [1.54, 1.807) is 25.3 Å². The summed E-state index contributed by atoms with van der Waals surface area (Å²) >= 11 is 0. The van der Waals surface area contributed by atoms with Crippen LogP contribution in [0.3, 0.4) is 0 Å². The van der Waals surface area contributed by atoms with Gasteiger partial charge < -0.3 is 10.1 Å². The Kier molecular flexibility index (Phi) is 6.16. The van der Waals surface area contributed by atoms with Crippen LogP contribution in [0.15, 0.2) is 65.7 Å². The fraction of sp³-hybridized carbons (Fsp3) is 0.190. The van der Waals surface area contributed by atoms with Gasteiger partial charge in [-0.1, -0.05) is 24.3 Å². The summed E-state index contributed by atoms with van der Waals surface area (Å²) in [6.45, 7) is 0.281. The van der Waals surface area contributed by atoms with Crippen molar-refractivity contribution in [2.75, 3.05) is 13.7 Å². The molecule has 0 bridgehead atoms. The molecule has 2 aromatic carbocycles. The lowest BCUT2D eigenvalue weighted by Crippen LogP contribution is -2.33. The fourth-order valence-corrected chi connectivity index (χ4v) is 2.75. The predicted octanol–water partition coefficient (Wildman–Crippen LogP) is 2.42. The summed E-state index contributed by atoms with van der Waals surface area (Å²) < 4.78 is 20.2. The van der Waals surface area contributed by atoms with Crippen molar-refractivity contribution in [2.24, 2.45) is 0 Å². The van der Waals surface area contributed by atoms with Gasteiger partial charge in [0.05, 0.1) is 19.1 Å². The molecule has 0 saturated heterocycles. The lowest BCUT2D eigenvalue weighted by atomic mass is 10.1. The second kappa shape index (κ2) is 8.94. The normalized spacial score (nSPS) is 10.5. The molecule has 0 atom stereocenters. The van der Waals surface area contributed by atoms with E-state index in [0.29, 0.717) is 13.0 Å². The Bertz CT molecular complexity index is 1030. The van der Waals surface area contributed by atoms with Gasteiger partial charge in [0.2, 0.25) is 5.91 Å². The average Bonchev–Trinajstić information content (AvgIpc) is 2.70. The number of nitrogens with zero attached hydrogens (tertiary/aromatic N) is 2. The first-order valence-corrected chi connectivity index (χ1v) is 8.78. The molecule has 0 aliphatic heterocycles. The Hall–Kier alpha value is -3.48. The molecular formula is C21H20FN3O3. The zero-order valence-electron chi connectivity index (χ0n) is 15.4. The molecule has 1 aromatic heterocycles. The number of ether oxygens (including phenoxy) is 1. The Balaban J connectivity index is 1.58. The molecule has 3 aromatic rings. The van der Waals surface area contributed by atoms with E-state index in [9.17, 15) is 14.0 Å². The van der Waals surface area contributed by atoms with Crippen LogP contribution in [0.1, 0.15) is 5.56 Å². The molecule has 0 aliphatic rings. The van der Waals surface area contributed by atoms with Crippen LogP contribution in [0.4, 0.5) is 4.39 Å². The maximum absolute atomic E-state index is 13.8. The number of hydrogen-bond acceptors (Lipinski definition) is 4. The molecule has 144 valence electrons. The molecule has 3 rings (SSSR count). The number of hydrogen-bond donors (Lipinski definition) is 1. The first kappa shape index (κ1) is 19.3. The second-order valence-corrected chi connectivity index (χ2v) is 6.17. The highest BCUT2D eigenvalue weighted by atomic mass is 19.1. The Labute approximate surface area is 161 Å². The molecule has 0 aliphatic carbocycles. The van der Waals surface area contributed by atoms with E-state index in [2.05, 4.69) is 10.3 Å². The molecule has 1 N–H and O–H groups in total. The topological polar surface area (TPSA) is 73.2 Å². The van der Waals surface area contributed by atoms with Gasteiger partial charge in [-0.3, -0.25) is 14.2 Å². The highest BCUT2D eigenvalue weighted by Gasteiger charge is 2.09. The Morgan fingerprint density at radius 1 is 1.18 bits per heavy atom. The number of carbonyl (C=O) groups excluding carboxylic acids is 1. The molecule has 1 amide bonds. The van der Waals surface area contributed by atoms with Crippen LogP contribution in [-0.4, -0.2) is 29.1 Å². The van der Waals surface area contributed by atoms with Crippen molar-refractivity contribution in [3.63, 3.8) is 0 Å². The van der Waals surface area contributed by atoms with Crippen LogP contribution in [-0.2, 0) is 17.8 Å². The van der Waals surface area contributed by atoms with Crippen LogP contribution in [0, 0.1) is 5.82 Å². The van der Waals surface area contributed by atoms with Gasteiger partial charge in [-0.15, -0.1) is 0 Å². The third-order valence-electron chi connectivity index (χ3n) is 4.21. The molecule has 0 saturated carbocycles. The van der Waals surface area contributed by atoms with Crippen LogP contribution in [0.25, 0.3) is 11.3 Å². The third-order valence-corrected chi connectivity index (χ3v) is 4.21. The van der Waals surface area contributed by atoms with E-state index in [0.717, 1.165) is 11.3 Å². The average molecular weight is 381 g/mol. The standard InChI is InChI=1S/C21H20FN3O3/c1-28-16-6-4-5-15(11-16)9-10-23-20(26)13-25-14-24-19(12-21(25)27)17-7-2-3-8-18(17)22/h2-8,11-12,14H,9-10,13H2,1H3,(H,23,26). The summed E-state index contributed by atoms with van der Waals surface area (Å²) in [5.41, 5.74) is 1.09. The fourth-order valence-electron chi connectivity index (χ4n) is 2.75. The Morgan fingerprint density at radius 2 is 2.00 bits per heavy atom. The van der Waals surface area contributed by atoms with Gasteiger partial charge in [-0.05, 0) is 36.2 Å². The summed E-state index contributed by atoms with van der Waals surface area (Å²) in [5.74, 6) is 0.00395. The van der Waals surface area contributed by atoms with Crippen molar-refractivity contribution >= 4 is 5.91 Å². The van der Waals surface area contributed by atoms with E-state index >= 15 is 0 Å². The van der Waals surface area contributed by atoms with E-state index < -0.39 is 11.4 Å². The lowest BCUT2D eigenvalue weighted by Gasteiger charge is -2.09. The number of rotatable bonds is 7.